The Morgan fingerprint density at radius 2 is 2.00 bits per heavy atom. The molecule has 0 aromatic heterocycles. The molecule has 0 atom stereocenters. The van der Waals surface area contributed by atoms with Gasteiger partial charge in [-0.2, -0.15) is 4.39 Å². The van der Waals surface area contributed by atoms with Crippen LogP contribution in [0.5, 0.6) is 5.75 Å². The average Bonchev–Trinajstić information content (AvgIpc) is 2.23. The fourth-order valence-corrected chi connectivity index (χ4v) is 1.63. The Bertz CT molecular complexity index is 588. The Morgan fingerprint density at radius 3 is 2.53 bits per heavy atom. The number of halogens is 2. The summed E-state index contributed by atoms with van der Waals surface area (Å²) in [5.41, 5.74) is 0. The third kappa shape index (κ3) is 3.15. The standard InChI is InChI=1S/C10H9F2NO3S/c1-2-3-6-16-7-4-5-8(17(13,14)15)10(12)9(7)11/h4-5H,6H2,1H3,(H2,13,14,15). The molecule has 0 amide bonds. The lowest BCUT2D eigenvalue weighted by Gasteiger charge is -2.06. The van der Waals surface area contributed by atoms with Gasteiger partial charge in [0.1, 0.15) is 11.5 Å². The molecule has 0 radical (unpaired) electrons. The van der Waals surface area contributed by atoms with Crippen LogP contribution in [0, 0.1) is 23.5 Å². The van der Waals surface area contributed by atoms with Crippen molar-refractivity contribution >= 4 is 10.0 Å². The lowest BCUT2D eigenvalue weighted by molar-refractivity contribution is 0.335. The highest BCUT2D eigenvalue weighted by Gasteiger charge is 2.21. The summed E-state index contributed by atoms with van der Waals surface area (Å²) in [6, 6.07) is 1.82. The van der Waals surface area contributed by atoms with E-state index in [0.29, 0.717) is 0 Å². The second-order valence-electron chi connectivity index (χ2n) is 2.95. The summed E-state index contributed by atoms with van der Waals surface area (Å²) in [7, 11) is -4.30. The predicted octanol–water partition coefficient (Wildman–Crippen LogP) is 1.01. The Balaban J connectivity index is 3.14. The topological polar surface area (TPSA) is 69.4 Å². The first-order chi connectivity index (χ1) is 7.88. The minimum Gasteiger partial charge on any atom is -0.478 e. The minimum atomic E-state index is -4.30. The summed E-state index contributed by atoms with van der Waals surface area (Å²) in [5, 5.41) is 4.70. The van der Waals surface area contributed by atoms with Crippen molar-refractivity contribution in [2.75, 3.05) is 6.61 Å². The van der Waals surface area contributed by atoms with Gasteiger partial charge in [0.15, 0.2) is 11.6 Å². The largest absolute Gasteiger partial charge is 0.478 e. The summed E-state index contributed by atoms with van der Waals surface area (Å²) >= 11 is 0. The molecule has 17 heavy (non-hydrogen) atoms. The van der Waals surface area contributed by atoms with Crippen molar-refractivity contribution in [1.29, 1.82) is 0 Å². The van der Waals surface area contributed by atoms with Crippen molar-refractivity contribution in [3.63, 3.8) is 0 Å². The predicted molar refractivity (Wildman–Crippen MR) is 56.7 cm³/mol. The maximum atomic E-state index is 13.4. The van der Waals surface area contributed by atoms with Gasteiger partial charge in [-0.15, -0.1) is 5.92 Å². The van der Waals surface area contributed by atoms with Crippen molar-refractivity contribution < 1.29 is 21.9 Å². The summed E-state index contributed by atoms with van der Waals surface area (Å²) in [5.74, 6) is 1.60. The number of hydrogen-bond acceptors (Lipinski definition) is 3. The van der Waals surface area contributed by atoms with Crippen molar-refractivity contribution in [2.24, 2.45) is 5.14 Å². The second kappa shape index (κ2) is 5.12. The molecule has 0 fully saturated rings. The number of sulfonamides is 1. The van der Waals surface area contributed by atoms with E-state index in [1.54, 1.807) is 6.92 Å². The molecule has 0 heterocycles. The third-order valence-corrected chi connectivity index (χ3v) is 2.72. The van der Waals surface area contributed by atoms with Gasteiger partial charge in [0.25, 0.3) is 0 Å². The fourth-order valence-electron chi connectivity index (χ4n) is 1.03. The number of ether oxygens (including phenoxy) is 1. The zero-order chi connectivity index (χ0) is 13.1. The lowest BCUT2D eigenvalue weighted by Crippen LogP contribution is -2.15. The van der Waals surface area contributed by atoms with Gasteiger partial charge in [-0.05, 0) is 19.1 Å². The van der Waals surface area contributed by atoms with Crippen molar-refractivity contribution in [3.05, 3.63) is 23.8 Å². The van der Waals surface area contributed by atoms with Gasteiger partial charge >= 0.3 is 0 Å². The highest BCUT2D eigenvalue weighted by atomic mass is 32.2. The van der Waals surface area contributed by atoms with Gasteiger partial charge in [-0.3, -0.25) is 0 Å². The maximum absolute atomic E-state index is 13.4. The maximum Gasteiger partial charge on any atom is 0.241 e. The van der Waals surface area contributed by atoms with Crippen molar-refractivity contribution in [3.8, 4) is 17.6 Å². The molecular formula is C10H9F2NO3S. The molecule has 0 bridgehead atoms. The Labute approximate surface area is 97.4 Å². The molecule has 0 aliphatic heterocycles. The number of primary sulfonamides is 1. The molecule has 92 valence electrons. The summed E-state index contributed by atoms with van der Waals surface area (Å²) in [6.07, 6.45) is 0. The van der Waals surface area contributed by atoms with Crippen LogP contribution in [-0.2, 0) is 10.0 Å². The minimum absolute atomic E-state index is 0.123. The van der Waals surface area contributed by atoms with Crippen LogP contribution in [0.2, 0.25) is 0 Å². The van der Waals surface area contributed by atoms with Crippen LogP contribution in [0.4, 0.5) is 8.78 Å². The van der Waals surface area contributed by atoms with E-state index in [0.717, 1.165) is 12.1 Å². The van der Waals surface area contributed by atoms with Gasteiger partial charge in [0.05, 0.1) is 0 Å². The Hall–Kier alpha value is -1.65. The normalized spacial score (nSPS) is 10.6. The molecule has 0 unspecified atom stereocenters. The number of rotatable bonds is 3. The molecule has 0 saturated carbocycles. The zero-order valence-electron chi connectivity index (χ0n) is 8.83. The SMILES string of the molecule is CC#CCOc1ccc(S(N)(=O)=O)c(F)c1F. The average molecular weight is 261 g/mol. The number of nitrogens with two attached hydrogens (primary N) is 1. The Kier molecular flexibility index (Phi) is 4.04. The number of hydrogen-bond donors (Lipinski definition) is 1. The van der Waals surface area contributed by atoms with Gasteiger partial charge in [-0.25, -0.2) is 17.9 Å². The van der Waals surface area contributed by atoms with Crippen LogP contribution in [0.15, 0.2) is 17.0 Å². The molecule has 0 aliphatic rings. The van der Waals surface area contributed by atoms with E-state index in [9.17, 15) is 17.2 Å². The van der Waals surface area contributed by atoms with Gasteiger partial charge in [-0.1, -0.05) is 5.92 Å². The third-order valence-electron chi connectivity index (χ3n) is 1.79. The van der Waals surface area contributed by atoms with Crippen LogP contribution >= 0.6 is 0 Å². The lowest BCUT2D eigenvalue weighted by atomic mass is 10.3. The molecule has 0 aliphatic carbocycles. The molecular weight excluding hydrogens is 252 g/mol. The quantitative estimate of drug-likeness (QED) is 0.826. The first-order valence-corrected chi connectivity index (χ1v) is 5.95. The van der Waals surface area contributed by atoms with Gasteiger partial charge in [0, 0.05) is 0 Å². The molecule has 1 aromatic carbocycles. The second-order valence-corrected chi connectivity index (χ2v) is 4.48. The molecule has 7 heteroatoms. The highest BCUT2D eigenvalue weighted by molar-refractivity contribution is 7.89. The smallest absolute Gasteiger partial charge is 0.241 e. The van der Waals surface area contributed by atoms with Crippen LogP contribution in [0.25, 0.3) is 0 Å². The monoisotopic (exact) mass is 261 g/mol. The van der Waals surface area contributed by atoms with Crippen LogP contribution in [-0.4, -0.2) is 15.0 Å². The van der Waals surface area contributed by atoms with Crippen LogP contribution in [0.3, 0.4) is 0 Å². The molecule has 2 N–H and O–H groups in total. The van der Waals surface area contributed by atoms with E-state index in [1.165, 1.54) is 0 Å². The van der Waals surface area contributed by atoms with E-state index in [-0.39, 0.29) is 6.61 Å². The van der Waals surface area contributed by atoms with E-state index in [4.69, 9.17) is 9.88 Å². The fraction of sp³-hybridized carbons (Fsp3) is 0.200. The van der Waals surface area contributed by atoms with E-state index in [2.05, 4.69) is 11.8 Å². The van der Waals surface area contributed by atoms with E-state index >= 15 is 0 Å². The highest BCUT2D eigenvalue weighted by Crippen LogP contribution is 2.24. The number of benzene rings is 1. The van der Waals surface area contributed by atoms with Gasteiger partial charge < -0.3 is 4.74 Å². The van der Waals surface area contributed by atoms with Crippen LogP contribution < -0.4 is 9.88 Å². The molecule has 1 rings (SSSR count). The van der Waals surface area contributed by atoms with Crippen molar-refractivity contribution in [2.45, 2.75) is 11.8 Å². The molecule has 0 spiro atoms. The first-order valence-electron chi connectivity index (χ1n) is 4.41. The summed E-state index contributed by atoms with van der Waals surface area (Å²) in [4.78, 5) is -0.913. The molecule has 1 aromatic rings. The first kappa shape index (κ1) is 13.4. The van der Waals surface area contributed by atoms with Crippen molar-refractivity contribution in [1.82, 2.24) is 0 Å². The summed E-state index contributed by atoms with van der Waals surface area (Å²) in [6.45, 7) is 1.44. The Morgan fingerprint density at radius 1 is 1.35 bits per heavy atom. The van der Waals surface area contributed by atoms with E-state index in [1.807, 2.05) is 0 Å². The van der Waals surface area contributed by atoms with E-state index < -0.39 is 32.3 Å². The van der Waals surface area contributed by atoms with Crippen LogP contribution in [0.1, 0.15) is 6.92 Å². The van der Waals surface area contributed by atoms with Gasteiger partial charge in [0.2, 0.25) is 15.8 Å². The molecule has 0 saturated heterocycles. The zero-order valence-corrected chi connectivity index (χ0v) is 9.64. The molecule has 4 nitrogen and oxygen atoms in total. The summed E-state index contributed by atoms with van der Waals surface area (Å²) < 4.78 is 53.2.